The molecule has 1 unspecified atom stereocenters. The summed E-state index contributed by atoms with van der Waals surface area (Å²) in [6, 6.07) is 0. The van der Waals surface area contributed by atoms with Crippen LogP contribution in [0.5, 0.6) is 0 Å². The molecule has 0 rings (SSSR count). The highest BCUT2D eigenvalue weighted by atomic mass is 127. The largest absolute Gasteiger partial charge is 0.394 e. The van der Waals surface area contributed by atoms with Crippen LogP contribution in [0.25, 0.3) is 0 Å². The number of hydrogen-bond donors (Lipinski definition) is 1. The summed E-state index contributed by atoms with van der Waals surface area (Å²) in [6.45, 7) is 3.14. The van der Waals surface area contributed by atoms with Gasteiger partial charge in [-0.3, -0.25) is 0 Å². The number of alkyl halides is 1. The molecule has 0 radical (unpaired) electrons. The third-order valence-corrected chi connectivity index (χ3v) is 2.35. The molecule has 0 aliphatic rings. The van der Waals surface area contributed by atoms with Crippen molar-refractivity contribution >= 4 is 22.6 Å². The van der Waals surface area contributed by atoms with Crippen molar-refractivity contribution in [1.29, 1.82) is 0 Å². The lowest BCUT2D eigenvalue weighted by atomic mass is 10.7. The van der Waals surface area contributed by atoms with E-state index in [1.165, 1.54) is 0 Å². The lowest BCUT2D eigenvalue weighted by molar-refractivity contribution is -0.00338. The summed E-state index contributed by atoms with van der Waals surface area (Å²) in [4.78, 5) is 0. The van der Waals surface area contributed by atoms with E-state index < -0.39 is 0 Å². The van der Waals surface area contributed by atoms with Crippen LogP contribution in [0, 0.1) is 0 Å². The Morgan fingerprint density at radius 1 is 1.00 bits per heavy atom. The Bertz CT molecular complexity index is 125. The molecular weight excluding hydrogens is 315 g/mol. The number of rotatable bonds is 11. The van der Waals surface area contributed by atoms with Crippen molar-refractivity contribution in [2.45, 2.75) is 4.11 Å². The number of hydrogen-bond acceptors (Lipinski definition) is 5. The monoisotopic (exact) mass is 334 g/mol. The first-order chi connectivity index (χ1) is 7.31. The highest BCUT2D eigenvalue weighted by Crippen LogP contribution is 2.00. The highest BCUT2D eigenvalue weighted by Gasteiger charge is 1.99. The Balaban J connectivity index is 2.92. The molecule has 5 nitrogen and oxygen atoms in total. The van der Waals surface area contributed by atoms with Crippen LogP contribution in [0.4, 0.5) is 0 Å². The van der Waals surface area contributed by atoms with Gasteiger partial charge in [0.25, 0.3) is 0 Å². The maximum absolute atomic E-state index is 8.42. The van der Waals surface area contributed by atoms with Gasteiger partial charge in [0.05, 0.1) is 46.2 Å². The molecule has 0 saturated heterocycles. The average molecular weight is 334 g/mol. The quantitative estimate of drug-likeness (QED) is 0.338. The molecule has 0 amide bonds. The fraction of sp³-hybridized carbons (Fsp3) is 1.00. The minimum Gasteiger partial charge on any atom is -0.394 e. The number of methoxy groups -OCH3 is 1. The standard InChI is InChI=1S/C9H19IO5/c1-12-9(10)8-15-7-6-14-5-4-13-3-2-11/h9,11H,2-8H2,1H3. The minimum absolute atomic E-state index is 0.0528. The molecule has 0 saturated carbocycles. The van der Waals surface area contributed by atoms with Crippen LogP contribution in [0.3, 0.4) is 0 Å². The zero-order valence-electron chi connectivity index (χ0n) is 8.99. The second kappa shape index (κ2) is 12.6. The van der Waals surface area contributed by atoms with Crippen LogP contribution in [-0.4, -0.2) is 62.6 Å². The number of aliphatic hydroxyl groups is 1. The summed E-state index contributed by atoms with van der Waals surface area (Å²) >= 11 is 2.16. The van der Waals surface area contributed by atoms with Gasteiger partial charge in [-0.2, -0.15) is 0 Å². The summed E-state index contributed by atoms with van der Waals surface area (Å²) in [5, 5.41) is 8.42. The minimum atomic E-state index is 0.0528. The van der Waals surface area contributed by atoms with E-state index in [-0.39, 0.29) is 10.7 Å². The Morgan fingerprint density at radius 2 is 1.53 bits per heavy atom. The van der Waals surface area contributed by atoms with Gasteiger partial charge in [-0.1, -0.05) is 0 Å². The Kier molecular flexibility index (Phi) is 13.0. The first-order valence-electron chi connectivity index (χ1n) is 4.82. The van der Waals surface area contributed by atoms with E-state index in [4.69, 9.17) is 24.1 Å². The van der Waals surface area contributed by atoms with Gasteiger partial charge in [0, 0.05) is 7.11 Å². The van der Waals surface area contributed by atoms with Crippen LogP contribution < -0.4 is 0 Å². The molecule has 0 aromatic heterocycles. The first kappa shape index (κ1) is 15.5. The number of aliphatic hydroxyl groups excluding tert-OH is 1. The van der Waals surface area contributed by atoms with Gasteiger partial charge < -0.3 is 24.1 Å². The van der Waals surface area contributed by atoms with Gasteiger partial charge in [0.2, 0.25) is 0 Å². The summed E-state index contributed by atoms with van der Waals surface area (Å²) in [6.07, 6.45) is 0. The van der Waals surface area contributed by atoms with Crippen molar-refractivity contribution < 1.29 is 24.1 Å². The molecule has 0 heterocycles. The van der Waals surface area contributed by atoms with Crippen molar-refractivity contribution in [3.63, 3.8) is 0 Å². The molecule has 0 aromatic rings. The van der Waals surface area contributed by atoms with Gasteiger partial charge in [-0.25, -0.2) is 0 Å². The van der Waals surface area contributed by atoms with E-state index >= 15 is 0 Å². The van der Waals surface area contributed by atoms with Crippen molar-refractivity contribution in [3.8, 4) is 0 Å². The van der Waals surface area contributed by atoms with Crippen molar-refractivity contribution in [2.75, 3.05) is 53.4 Å². The molecule has 0 fully saturated rings. The predicted octanol–water partition coefficient (Wildman–Crippen LogP) is 0.436. The topological polar surface area (TPSA) is 57.2 Å². The van der Waals surface area contributed by atoms with Crippen LogP contribution in [0.1, 0.15) is 0 Å². The first-order valence-corrected chi connectivity index (χ1v) is 6.06. The fourth-order valence-electron chi connectivity index (χ4n) is 0.748. The number of halogens is 1. The molecule has 1 atom stereocenters. The molecule has 6 heteroatoms. The van der Waals surface area contributed by atoms with E-state index in [1.807, 2.05) is 0 Å². The second-order valence-corrected chi connectivity index (χ2v) is 4.06. The van der Waals surface area contributed by atoms with E-state index in [9.17, 15) is 0 Å². The Hall–Kier alpha value is 0.530. The molecular formula is C9H19IO5. The van der Waals surface area contributed by atoms with Crippen molar-refractivity contribution in [2.24, 2.45) is 0 Å². The summed E-state index contributed by atoms with van der Waals surface area (Å²) in [7, 11) is 1.65. The van der Waals surface area contributed by atoms with E-state index in [0.29, 0.717) is 39.6 Å². The van der Waals surface area contributed by atoms with Gasteiger partial charge >= 0.3 is 0 Å². The van der Waals surface area contributed by atoms with Crippen LogP contribution in [0.15, 0.2) is 0 Å². The van der Waals surface area contributed by atoms with E-state index in [0.717, 1.165) is 0 Å². The van der Waals surface area contributed by atoms with E-state index in [1.54, 1.807) is 7.11 Å². The van der Waals surface area contributed by atoms with Gasteiger partial charge in [0.1, 0.15) is 4.11 Å². The third kappa shape index (κ3) is 12.5. The van der Waals surface area contributed by atoms with E-state index in [2.05, 4.69) is 22.6 Å². The smallest absolute Gasteiger partial charge is 0.131 e. The SMILES string of the molecule is COC(I)COCCOCCOCCO. The summed E-state index contributed by atoms with van der Waals surface area (Å²) in [5.41, 5.74) is 0. The van der Waals surface area contributed by atoms with Gasteiger partial charge in [-0.15, -0.1) is 0 Å². The predicted molar refractivity (Wildman–Crippen MR) is 64.4 cm³/mol. The van der Waals surface area contributed by atoms with Crippen LogP contribution in [0.2, 0.25) is 0 Å². The molecule has 92 valence electrons. The summed E-state index contributed by atoms with van der Waals surface area (Å²) < 4.78 is 20.6. The summed E-state index contributed by atoms with van der Waals surface area (Å²) in [5.74, 6) is 0. The molecule has 0 aromatic carbocycles. The molecule has 1 N–H and O–H groups in total. The molecule has 0 aliphatic carbocycles. The Morgan fingerprint density at radius 3 is 2.07 bits per heavy atom. The molecule has 0 spiro atoms. The zero-order valence-corrected chi connectivity index (χ0v) is 11.1. The lowest BCUT2D eigenvalue weighted by Gasteiger charge is -2.09. The number of ether oxygens (including phenoxy) is 4. The maximum Gasteiger partial charge on any atom is 0.131 e. The maximum atomic E-state index is 8.42. The molecule has 0 bridgehead atoms. The van der Waals surface area contributed by atoms with Gasteiger partial charge in [-0.05, 0) is 22.6 Å². The lowest BCUT2D eigenvalue weighted by Crippen LogP contribution is -2.15. The normalized spacial score (nSPS) is 13.0. The average Bonchev–Trinajstić information content (AvgIpc) is 2.26. The van der Waals surface area contributed by atoms with Crippen molar-refractivity contribution in [3.05, 3.63) is 0 Å². The second-order valence-electron chi connectivity index (χ2n) is 2.67. The highest BCUT2D eigenvalue weighted by molar-refractivity contribution is 14.1. The van der Waals surface area contributed by atoms with Crippen molar-refractivity contribution in [1.82, 2.24) is 0 Å². The zero-order chi connectivity index (χ0) is 11.4. The third-order valence-electron chi connectivity index (χ3n) is 1.48. The molecule has 0 aliphatic heterocycles. The fourth-order valence-corrected chi connectivity index (χ4v) is 1.00. The van der Waals surface area contributed by atoms with Crippen LogP contribution in [-0.2, 0) is 18.9 Å². The van der Waals surface area contributed by atoms with Gasteiger partial charge in [0.15, 0.2) is 0 Å². The Labute approximate surface area is 104 Å². The van der Waals surface area contributed by atoms with Crippen LogP contribution >= 0.6 is 22.6 Å². The molecule has 15 heavy (non-hydrogen) atoms.